The second-order valence-corrected chi connectivity index (χ2v) is 4.36. The van der Waals surface area contributed by atoms with E-state index in [0.29, 0.717) is 0 Å². The molecule has 95 valence electrons. The maximum Gasteiger partial charge on any atom is 0.159 e. The lowest BCUT2D eigenvalue weighted by Gasteiger charge is -2.04. The third-order valence-corrected chi connectivity index (χ3v) is 2.74. The van der Waals surface area contributed by atoms with Gasteiger partial charge < -0.3 is 5.11 Å². The maximum atomic E-state index is 12.9. The Morgan fingerprint density at radius 2 is 1.76 bits per heavy atom. The van der Waals surface area contributed by atoms with E-state index in [1.54, 1.807) is 6.07 Å². The van der Waals surface area contributed by atoms with Gasteiger partial charge in [0, 0.05) is 0 Å². The van der Waals surface area contributed by atoms with Crippen LogP contribution in [0.3, 0.4) is 0 Å². The highest BCUT2D eigenvalue weighted by Gasteiger charge is 2.02. The van der Waals surface area contributed by atoms with Crippen molar-refractivity contribution in [2.24, 2.45) is 0 Å². The average Bonchev–Trinajstić information content (AvgIpc) is 2.27. The zero-order valence-electron chi connectivity index (χ0n) is 9.96. The number of aliphatic hydroxyl groups excluding tert-OH is 1. The first-order chi connectivity index (χ1) is 8.09. The van der Waals surface area contributed by atoms with Crippen LogP contribution in [-0.2, 0) is 6.42 Å². The molecule has 0 aliphatic heterocycles. The number of unbranched alkanes of at least 4 members (excludes halogenated alkanes) is 3. The van der Waals surface area contributed by atoms with E-state index in [-0.39, 0.29) is 0 Å². The Kier molecular flexibility index (Phi) is 6.12. The Morgan fingerprint density at radius 3 is 2.41 bits per heavy atom. The third-order valence-electron chi connectivity index (χ3n) is 2.74. The fourth-order valence-corrected chi connectivity index (χ4v) is 1.76. The van der Waals surface area contributed by atoms with Crippen molar-refractivity contribution in [1.29, 1.82) is 0 Å². The second-order valence-electron chi connectivity index (χ2n) is 4.36. The fraction of sp³-hybridized carbons (Fsp3) is 0.500. The predicted molar refractivity (Wildman–Crippen MR) is 64.5 cm³/mol. The Balaban J connectivity index is 2.16. The van der Waals surface area contributed by atoms with Gasteiger partial charge in [-0.2, -0.15) is 0 Å². The monoisotopic (exact) mass is 241 g/mol. The Labute approximate surface area is 101 Å². The van der Waals surface area contributed by atoms with Gasteiger partial charge in [0.05, 0.1) is 6.10 Å². The zero-order valence-corrected chi connectivity index (χ0v) is 9.96. The van der Waals surface area contributed by atoms with Crippen molar-refractivity contribution in [2.75, 3.05) is 0 Å². The second kappa shape index (κ2) is 7.38. The van der Waals surface area contributed by atoms with Crippen LogP contribution in [0.2, 0.25) is 0 Å². The van der Waals surface area contributed by atoms with Crippen LogP contribution in [0.1, 0.15) is 37.7 Å². The van der Waals surface area contributed by atoms with Gasteiger partial charge in [-0.25, -0.2) is 8.78 Å². The first kappa shape index (κ1) is 14.1. The molecule has 0 aliphatic rings. The standard InChI is InChI=1S/C14H19F2O/c1-11(17)6-4-2-3-5-7-12-8-9-13(15)14(16)10-12/h8-11,17H,1-7H2. The summed E-state index contributed by atoms with van der Waals surface area (Å²) in [6, 6.07) is 4.05. The summed E-state index contributed by atoms with van der Waals surface area (Å²) in [6.07, 6.45) is 5.01. The number of benzene rings is 1. The molecule has 1 aromatic rings. The van der Waals surface area contributed by atoms with E-state index in [2.05, 4.69) is 6.92 Å². The largest absolute Gasteiger partial charge is 0.393 e. The van der Waals surface area contributed by atoms with Crippen molar-refractivity contribution >= 4 is 0 Å². The first-order valence-corrected chi connectivity index (χ1v) is 6.04. The normalized spacial score (nSPS) is 12.7. The molecular formula is C14H19F2O. The van der Waals surface area contributed by atoms with E-state index >= 15 is 0 Å². The third kappa shape index (κ3) is 5.78. The number of rotatable bonds is 7. The highest BCUT2D eigenvalue weighted by molar-refractivity contribution is 5.17. The summed E-state index contributed by atoms with van der Waals surface area (Å²) in [5.74, 6) is -1.57. The van der Waals surface area contributed by atoms with Crippen LogP contribution in [0.5, 0.6) is 0 Å². The number of aliphatic hydroxyl groups is 1. The molecule has 17 heavy (non-hydrogen) atoms. The summed E-state index contributed by atoms with van der Waals surface area (Å²) in [5, 5.41) is 8.96. The fourth-order valence-electron chi connectivity index (χ4n) is 1.76. The summed E-state index contributed by atoms with van der Waals surface area (Å²) in [6.45, 7) is 3.50. The number of halogens is 2. The van der Waals surface area contributed by atoms with Gasteiger partial charge in [0.15, 0.2) is 11.6 Å². The van der Waals surface area contributed by atoms with Gasteiger partial charge in [-0.3, -0.25) is 0 Å². The summed E-state index contributed by atoms with van der Waals surface area (Å²) >= 11 is 0. The van der Waals surface area contributed by atoms with Crippen LogP contribution in [-0.4, -0.2) is 11.2 Å². The van der Waals surface area contributed by atoms with Crippen molar-refractivity contribution in [3.8, 4) is 0 Å². The maximum absolute atomic E-state index is 12.9. The Hall–Kier alpha value is -0.960. The molecule has 0 amide bonds. The molecule has 1 unspecified atom stereocenters. The summed E-state index contributed by atoms with van der Waals surface area (Å²) in [4.78, 5) is 0. The highest BCUT2D eigenvalue weighted by Crippen LogP contribution is 2.13. The van der Waals surface area contributed by atoms with Crippen molar-refractivity contribution in [3.05, 3.63) is 42.3 Å². The number of hydrogen-bond acceptors (Lipinski definition) is 1. The minimum atomic E-state index is -0.793. The summed E-state index contributed by atoms with van der Waals surface area (Å²) < 4.78 is 25.5. The van der Waals surface area contributed by atoms with Gasteiger partial charge >= 0.3 is 0 Å². The molecule has 0 heterocycles. The lowest BCUT2D eigenvalue weighted by atomic mass is 10.0. The van der Waals surface area contributed by atoms with E-state index < -0.39 is 17.7 Å². The topological polar surface area (TPSA) is 20.2 Å². The van der Waals surface area contributed by atoms with Gasteiger partial charge in [-0.15, -0.1) is 0 Å². The molecule has 0 aromatic heterocycles. The van der Waals surface area contributed by atoms with Crippen molar-refractivity contribution in [2.45, 2.75) is 44.6 Å². The zero-order chi connectivity index (χ0) is 12.7. The van der Waals surface area contributed by atoms with E-state index in [1.807, 2.05) is 0 Å². The molecule has 0 fully saturated rings. The molecule has 0 saturated carbocycles. The SMILES string of the molecule is [CH2]C(O)CCCCCCc1ccc(F)c(F)c1. The van der Waals surface area contributed by atoms with Gasteiger partial charge in [-0.05, 0) is 43.9 Å². The molecule has 1 radical (unpaired) electrons. The molecule has 3 heteroatoms. The Morgan fingerprint density at radius 1 is 1.06 bits per heavy atom. The molecule has 0 spiro atoms. The van der Waals surface area contributed by atoms with E-state index in [9.17, 15) is 8.78 Å². The van der Waals surface area contributed by atoms with Crippen molar-refractivity contribution in [3.63, 3.8) is 0 Å². The molecule has 1 N–H and O–H groups in total. The van der Waals surface area contributed by atoms with Crippen LogP contribution in [0.25, 0.3) is 0 Å². The van der Waals surface area contributed by atoms with Gasteiger partial charge in [-0.1, -0.05) is 25.3 Å². The van der Waals surface area contributed by atoms with Crippen molar-refractivity contribution in [1.82, 2.24) is 0 Å². The van der Waals surface area contributed by atoms with Crippen LogP contribution < -0.4 is 0 Å². The lowest BCUT2D eigenvalue weighted by Crippen LogP contribution is -1.98. The highest BCUT2D eigenvalue weighted by atomic mass is 19.2. The minimum Gasteiger partial charge on any atom is -0.393 e. The van der Waals surface area contributed by atoms with E-state index in [0.717, 1.165) is 44.1 Å². The number of hydrogen-bond donors (Lipinski definition) is 1. The molecular weight excluding hydrogens is 222 g/mol. The molecule has 0 bridgehead atoms. The molecule has 1 aromatic carbocycles. The van der Waals surface area contributed by atoms with Crippen molar-refractivity contribution < 1.29 is 13.9 Å². The molecule has 0 aliphatic carbocycles. The van der Waals surface area contributed by atoms with Crippen LogP contribution in [0, 0.1) is 18.6 Å². The molecule has 1 atom stereocenters. The minimum absolute atomic E-state index is 0.471. The molecule has 0 saturated heterocycles. The van der Waals surface area contributed by atoms with Crippen LogP contribution in [0.4, 0.5) is 8.78 Å². The lowest BCUT2D eigenvalue weighted by molar-refractivity contribution is 0.205. The quantitative estimate of drug-likeness (QED) is 0.722. The smallest absolute Gasteiger partial charge is 0.159 e. The van der Waals surface area contributed by atoms with Gasteiger partial charge in [0.25, 0.3) is 0 Å². The van der Waals surface area contributed by atoms with Crippen LogP contribution >= 0.6 is 0 Å². The Bertz CT molecular complexity index is 337. The van der Waals surface area contributed by atoms with E-state index in [4.69, 9.17) is 5.11 Å². The van der Waals surface area contributed by atoms with Gasteiger partial charge in [0.1, 0.15) is 0 Å². The average molecular weight is 241 g/mol. The van der Waals surface area contributed by atoms with Crippen LogP contribution in [0.15, 0.2) is 18.2 Å². The predicted octanol–water partition coefficient (Wildman–Crippen LogP) is 3.65. The van der Waals surface area contributed by atoms with E-state index in [1.165, 1.54) is 12.1 Å². The first-order valence-electron chi connectivity index (χ1n) is 6.04. The summed E-state index contributed by atoms with van der Waals surface area (Å²) in [5.41, 5.74) is 0.834. The van der Waals surface area contributed by atoms with Gasteiger partial charge in [0.2, 0.25) is 0 Å². The number of aryl methyl sites for hydroxylation is 1. The molecule has 1 nitrogen and oxygen atoms in total. The summed E-state index contributed by atoms with van der Waals surface area (Å²) in [7, 11) is 0. The molecule has 1 rings (SSSR count).